The summed E-state index contributed by atoms with van der Waals surface area (Å²) in [4.78, 5) is 0. The lowest BCUT2D eigenvalue weighted by Gasteiger charge is -2.23. The van der Waals surface area contributed by atoms with E-state index in [1.165, 1.54) is 12.1 Å². The van der Waals surface area contributed by atoms with Crippen LogP contribution in [0.25, 0.3) is 0 Å². The molecule has 2 nitrogen and oxygen atoms in total. The Bertz CT molecular complexity index is 462. The molecule has 0 saturated heterocycles. The molecule has 1 aromatic carbocycles. The summed E-state index contributed by atoms with van der Waals surface area (Å²) < 4.78 is 59.9. The van der Waals surface area contributed by atoms with Gasteiger partial charge in [-0.3, -0.25) is 0 Å². The van der Waals surface area contributed by atoms with Crippen molar-refractivity contribution < 1.29 is 26.6 Å². The molecule has 1 aromatic rings. The third-order valence-electron chi connectivity index (χ3n) is 2.30. The average molecular weight is 330 g/mol. The van der Waals surface area contributed by atoms with E-state index in [-0.39, 0.29) is 11.9 Å². The van der Waals surface area contributed by atoms with Gasteiger partial charge >= 0.3 is 6.18 Å². The van der Waals surface area contributed by atoms with Crippen molar-refractivity contribution in [2.24, 2.45) is 0 Å². The predicted molar refractivity (Wildman–Crippen MR) is 73.2 cm³/mol. The number of hydrogen-bond donors (Lipinski definition) is 0. The van der Waals surface area contributed by atoms with Gasteiger partial charge in [-0.25, -0.2) is 4.39 Å². The van der Waals surface area contributed by atoms with Crippen LogP contribution < -0.4 is 5.30 Å². The van der Waals surface area contributed by atoms with E-state index in [2.05, 4.69) is 0 Å². The molecule has 0 aliphatic heterocycles. The van der Waals surface area contributed by atoms with Crippen LogP contribution in [0.5, 0.6) is 0 Å². The topological polar surface area (TPSA) is 18.5 Å². The summed E-state index contributed by atoms with van der Waals surface area (Å²) in [5.41, 5.74) is 0. The summed E-state index contributed by atoms with van der Waals surface area (Å²) in [7, 11) is 0. The lowest BCUT2D eigenvalue weighted by atomic mass is 10.4. The highest BCUT2D eigenvalue weighted by atomic mass is 32.5. The fourth-order valence-electron chi connectivity index (χ4n) is 1.30. The third kappa shape index (κ3) is 5.87. The molecule has 1 atom stereocenters. The van der Waals surface area contributed by atoms with E-state index >= 15 is 0 Å². The zero-order valence-electron chi connectivity index (χ0n) is 10.8. The molecule has 0 aromatic heterocycles. The SMILES string of the molecule is CCCCOP(=S)(OCC(F)(F)F)c1ccc(F)cc1. The van der Waals surface area contributed by atoms with Crippen LogP contribution >= 0.6 is 6.49 Å². The third-order valence-corrected chi connectivity index (χ3v) is 5.49. The maximum Gasteiger partial charge on any atom is 0.412 e. The summed E-state index contributed by atoms with van der Waals surface area (Å²) in [5.74, 6) is -0.500. The largest absolute Gasteiger partial charge is 0.412 e. The van der Waals surface area contributed by atoms with Crippen molar-refractivity contribution >= 4 is 23.6 Å². The van der Waals surface area contributed by atoms with Gasteiger partial charge in [-0.1, -0.05) is 13.3 Å². The number of halogens is 4. The van der Waals surface area contributed by atoms with Crippen LogP contribution in [0, 0.1) is 5.82 Å². The second-order valence-corrected chi connectivity index (χ2v) is 7.52. The van der Waals surface area contributed by atoms with Gasteiger partial charge in [-0.2, -0.15) is 13.2 Å². The van der Waals surface area contributed by atoms with Crippen molar-refractivity contribution in [2.75, 3.05) is 13.2 Å². The van der Waals surface area contributed by atoms with Crippen LogP contribution in [0.4, 0.5) is 17.6 Å². The van der Waals surface area contributed by atoms with Crippen LogP contribution in [0.3, 0.4) is 0 Å². The summed E-state index contributed by atoms with van der Waals surface area (Å²) in [6, 6.07) is 4.85. The van der Waals surface area contributed by atoms with E-state index in [9.17, 15) is 17.6 Å². The molecule has 0 amide bonds. The number of unbranched alkanes of at least 4 members (excludes halogenated alkanes) is 1. The zero-order chi connectivity index (χ0) is 15.2. The number of alkyl halides is 3. The van der Waals surface area contributed by atoms with E-state index in [1.807, 2.05) is 6.92 Å². The van der Waals surface area contributed by atoms with E-state index < -0.39 is 25.1 Å². The first kappa shape index (κ1) is 17.6. The second kappa shape index (κ2) is 7.50. The lowest BCUT2D eigenvalue weighted by Crippen LogP contribution is -2.20. The number of benzene rings is 1. The van der Waals surface area contributed by atoms with Gasteiger partial charge in [0.25, 0.3) is 0 Å². The van der Waals surface area contributed by atoms with E-state index in [0.29, 0.717) is 6.42 Å². The Kier molecular flexibility index (Phi) is 6.58. The standard InChI is InChI=1S/C12H15F4O2PS/c1-2-3-8-17-19(20,18-9-12(14,15)16)11-6-4-10(13)5-7-11/h4-7H,2-3,8-9H2,1H3. The highest BCUT2D eigenvalue weighted by molar-refractivity contribution is 8.13. The van der Waals surface area contributed by atoms with Gasteiger partial charge < -0.3 is 9.05 Å². The van der Waals surface area contributed by atoms with Crippen LogP contribution in [0.15, 0.2) is 24.3 Å². The van der Waals surface area contributed by atoms with Crippen molar-refractivity contribution in [3.05, 3.63) is 30.1 Å². The normalized spacial score (nSPS) is 15.1. The highest BCUT2D eigenvalue weighted by Gasteiger charge is 2.33. The fourth-order valence-corrected chi connectivity index (χ4v) is 3.62. The van der Waals surface area contributed by atoms with Crippen molar-refractivity contribution in [3.8, 4) is 0 Å². The molecule has 0 aliphatic carbocycles. The summed E-state index contributed by atoms with van der Waals surface area (Å²) in [6.07, 6.45) is -3.01. The number of rotatable bonds is 7. The van der Waals surface area contributed by atoms with Crippen molar-refractivity contribution in [1.82, 2.24) is 0 Å². The van der Waals surface area contributed by atoms with Gasteiger partial charge in [0, 0.05) is 5.30 Å². The molecule has 0 aliphatic rings. The summed E-state index contributed by atoms with van der Waals surface area (Å²) in [6.45, 7) is -2.62. The Morgan fingerprint density at radius 3 is 2.25 bits per heavy atom. The molecule has 0 radical (unpaired) electrons. The molecule has 0 bridgehead atoms. The van der Waals surface area contributed by atoms with Crippen molar-refractivity contribution in [2.45, 2.75) is 25.9 Å². The Hall–Kier alpha value is -0.490. The molecule has 1 rings (SSSR count). The molecule has 114 valence electrons. The molecule has 20 heavy (non-hydrogen) atoms. The quantitative estimate of drug-likeness (QED) is 0.425. The monoisotopic (exact) mass is 330 g/mol. The Morgan fingerprint density at radius 1 is 1.15 bits per heavy atom. The van der Waals surface area contributed by atoms with E-state index in [0.717, 1.165) is 18.6 Å². The number of hydrogen-bond acceptors (Lipinski definition) is 3. The van der Waals surface area contributed by atoms with Crippen LogP contribution in [0.1, 0.15) is 19.8 Å². The average Bonchev–Trinajstić information content (AvgIpc) is 2.37. The molecule has 1 unspecified atom stereocenters. The van der Waals surface area contributed by atoms with E-state index in [1.54, 1.807) is 0 Å². The minimum Gasteiger partial charge on any atom is -0.326 e. The maximum absolute atomic E-state index is 12.9. The highest BCUT2D eigenvalue weighted by Crippen LogP contribution is 2.48. The van der Waals surface area contributed by atoms with Gasteiger partial charge in [0.05, 0.1) is 6.61 Å². The molecule has 0 N–H and O–H groups in total. The van der Waals surface area contributed by atoms with Crippen LogP contribution in [0.2, 0.25) is 0 Å². The van der Waals surface area contributed by atoms with Crippen LogP contribution in [-0.2, 0) is 20.9 Å². The molecular formula is C12H15F4O2PS. The van der Waals surface area contributed by atoms with E-state index in [4.69, 9.17) is 20.9 Å². The minimum absolute atomic E-state index is 0.211. The minimum atomic E-state index is -4.49. The first-order valence-corrected chi connectivity index (χ1v) is 8.62. The Balaban J connectivity index is 2.88. The van der Waals surface area contributed by atoms with Gasteiger partial charge in [-0.15, -0.1) is 0 Å². The first-order chi connectivity index (χ1) is 9.27. The van der Waals surface area contributed by atoms with Gasteiger partial charge in [0.1, 0.15) is 5.82 Å². The Morgan fingerprint density at radius 2 is 1.75 bits per heavy atom. The fraction of sp³-hybridized carbons (Fsp3) is 0.500. The molecule has 0 saturated carbocycles. The van der Waals surface area contributed by atoms with Crippen molar-refractivity contribution in [1.29, 1.82) is 0 Å². The molecule has 0 heterocycles. The first-order valence-electron chi connectivity index (χ1n) is 5.99. The molecular weight excluding hydrogens is 315 g/mol. The summed E-state index contributed by atoms with van der Waals surface area (Å²) in [5, 5.41) is 0.272. The van der Waals surface area contributed by atoms with Gasteiger partial charge in [0.2, 0.25) is 6.49 Å². The molecule has 8 heteroatoms. The predicted octanol–water partition coefficient (Wildman–Crippen LogP) is 4.16. The van der Waals surface area contributed by atoms with Gasteiger partial charge in [-0.05, 0) is 42.5 Å². The van der Waals surface area contributed by atoms with Crippen molar-refractivity contribution in [3.63, 3.8) is 0 Å². The molecule has 0 spiro atoms. The lowest BCUT2D eigenvalue weighted by molar-refractivity contribution is -0.153. The smallest absolute Gasteiger partial charge is 0.326 e. The summed E-state index contributed by atoms with van der Waals surface area (Å²) >= 11 is 5.14. The van der Waals surface area contributed by atoms with Gasteiger partial charge in [0.15, 0.2) is 6.61 Å². The van der Waals surface area contributed by atoms with Crippen LogP contribution in [-0.4, -0.2) is 19.4 Å². The molecule has 0 fully saturated rings. The Labute approximate surface area is 120 Å². The zero-order valence-corrected chi connectivity index (χ0v) is 12.5. The maximum atomic E-state index is 12.9. The second-order valence-electron chi connectivity index (χ2n) is 4.05.